The minimum atomic E-state index is -3.77. The van der Waals surface area contributed by atoms with Gasteiger partial charge in [0.15, 0.2) is 0 Å². The number of amides is 2. The molecule has 1 heterocycles. The van der Waals surface area contributed by atoms with E-state index in [1.165, 1.54) is 22.3 Å². The average Bonchev–Trinajstić information content (AvgIpc) is 3.29. The molecular weight excluding hydrogens is 417 g/mol. The van der Waals surface area contributed by atoms with E-state index in [1.54, 1.807) is 0 Å². The molecule has 155 valence electrons. The summed E-state index contributed by atoms with van der Waals surface area (Å²) >= 11 is 0. The number of likely N-dealkylation sites (N-methyl/N-ethyl adjacent to an activating group) is 1. The number of ether oxygens (including phenoxy) is 1. The molecule has 1 aliphatic heterocycles. The van der Waals surface area contributed by atoms with Crippen LogP contribution >= 0.6 is 0 Å². The fraction of sp³-hybridized carbons (Fsp3) is 0.650. The molecule has 29 heavy (non-hydrogen) atoms. The van der Waals surface area contributed by atoms with Gasteiger partial charge in [-0.1, -0.05) is 13.0 Å². The second-order valence-electron chi connectivity index (χ2n) is 7.96. The van der Waals surface area contributed by atoms with Crippen LogP contribution in [-0.2, 0) is 40.4 Å². The Hall–Kier alpha value is -0.00364. The van der Waals surface area contributed by atoms with Crippen molar-refractivity contribution in [2.24, 2.45) is 0 Å². The maximum absolute atomic E-state index is 12.5. The quantitative estimate of drug-likeness (QED) is 0.669. The van der Waals surface area contributed by atoms with Crippen molar-refractivity contribution in [1.29, 1.82) is 0 Å². The summed E-state index contributed by atoms with van der Waals surface area (Å²) in [5.74, 6) is -0.206. The standard InChI is InChI=1S/C20H29N3O4S.K/c1-2-23-9-10-27-16(12-23)13-28(25,26)22-20(24)21-19-17-7-3-5-14(17)11-15-6-4-8-18(15)19;/h11,16H,2-10,12-13H2,1H3,(H2,21,22,24);. The first-order valence-electron chi connectivity index (χ1n) is 10.3. The topological polar surface area (TPSA) is 87.7 Å². The van der Waals surface area contributed by atoms with Crippen molar-refractivity contribution >= 4 is 73.1 Å². The van der Waals surface area contributed by atoms with E-state index in [4.69, 9.17) is 4.74 Å². The van der Waals surface area contributed by atoms with E-state index in [0.29, 0.717) is 13.2 Å². The molecule has 4 rings (SSSR count). The minimum Gasteiger partial charge on any atom is -0.374 e. The first-order valence-corrected chi connectivity index (χ1v) is 11.9. The SMILES string of the molecule is CCN1CCOC(CS(=O)(=O)NC(=O)Nc2c3c(cc4c2CCC4)CCC3)C1.[K]. The third-order valence-corrected chi connectivity index (χ3v) is 7.34. The van der Waals surface area contributed by atoms with Crippen molar-refractivity contribution in [1.82, 2.24) is 9.62 Å². The number of carbonyl (C=O) groups is 1. The summed E-state index contributed by atoms with van der Waals surface area (Å²) in [5, 5.41) is 2.88. The van der Waals surface area contributed by atoms with Crippen molar-refractivity contribution in [3.05, 3.63) is 28.3 Å². The van der Waals surface area contributed by atoms with Gasteiger partial charge >= 0.3 is 6.03 Å². The predicted octanol–water partition coefficient (Wildman–Crippen LogP) is 1.46. The first kappa shape index (κ1) is 23.7. The molecule has 1 aromatic rings. The van der Waals surface area contributed by atoms with Crippen LogP contribution in [0.3, 0.4) is 0 Å². The van der Waals surface area contributed by atoms with Gasteiger partial charge in [0.2, 0.25) is 10.0 Å². The molecule has 1 radical (unpaired) electrons. The molecule has 0 spiro atoms. The van der Waals surface area contributed by atoms with Gasteiger partial charge in [-0.25, -0.2) is 17.9 Å². The molecule has 0 aromatic heterocycles. The van der Waals surface area contributed by atoms with Gasteiger partial charge in [-0.15, -0.1) is 0 Å². The molecule has 3 aliphatic rings. The van der Waals surface area contributed by atoms with Crippen LogP contribution in [-0.4, -0.2) is 109 Å². The van der Waals surface area contributed by atoms with Crippen molar-refractivity contribution in [2.45, 2.75) is 51.6 Å². The zero-order chi connectivity index (χ0) is 19.7. The van der Waals surface area contributed by atoms with Crippen molar-refractivity contribution < 1.29 is 17.9 Å². The fourth-order valence-corrected chi connectivity index (χ4v) is 5.81. The third-order valence-electron chi connectivity index (χ3n) is 6.04. The van der Waals surface area contributed by atoms with E-state index in [2.05, 4.69) is 21.0 Å². The largest absolute Gasteiger partial charge is 0.374 e. The van der Waals surface area contributed by atoms with Crippen molar-refractivity contribution in [3.63, 3.8) is 0 Å². The summed E-state index contributed by atoms with van der Waals surface area (Å²) in [6, 6.07) is 1.61. The summed E-state index contributed by atoms with van der Waals surface area (Å²) in [7, 11) is -3.77. The molecule has 0 saturated carbocycles. The zero-order valence-corrected chi connectivity index (χ0v) is 21.4. The Morgan fingerprint density at radius 1 is 1.17 bits per heavy atom. The number of hydrogen-bond donors (Lipinski definition) is 2. The van der Waals surface area contributed by atoms with E-state index in [1.807, 2.05) is 6.92 Å². The van der Waals surface area contributed by atoms with Crippen LogP contribution in [0.15, 0.2) is 6.07 Å². The van der Waals surface area contributed by atoms with Crippen LogP contribution in [0.25, 0.3) is 0 Å². The van der Waals surface area contributed by atoms with Gasteiger partial charge in [0, 0.05) is 70.2 Å². The number of fused-ring (bicyclic) bond motifs is 2. The number of nitrogens with one attached hydrogen (secondary N) is 2. The Kier molecular flexibility index (Phi) is 8.22. The summed E-state index contributed by atoms with van der Waals surface area (Å²) in [4.78, 5) is 14.7. The molecule has 9 heteroatoms. The van der Waals surface area contributed by atoms with E-state index in [0.717, 1.165) is 57.3 Å². The molecule has 2 amide bonds. The van der Waals surface area contributed by atoms with Gasteiger partial charge < -0.3 is 10.1 Å². The van der Waals surface area contributed by atoms with E-state index in [-0.39, 0.29) is 57.1 Å². The molecule has 1 saturated heterocycles. The van der Waals surface area contributed by atoms with Crippen LogP contribution < -0.4 is 10.0 Å². The molecule has 2 N–H and O–H groups in total. The first-order chi connectivity index (χ1) is 13.4. The number of anilines is 1. The number of sulfonamides is 1. The normalized spacial score (nSPS) is 21.2. The van der Waals surface area contributed by atoms with Gasteiger partial charge in [0.05, 0.1) is 18.5 Å². The molecular formula is C20H29KN3O4S. The van der Waals surface area contributed by atoms with Gasteiger partial charge in [-0.3, -0.25) is 4.90 Å². The van der Waals surface area contributed by atoms with Crippen LogP contribution in [0.2, 0.25) is 0 Å². The van der Waals surface area contributed by atoms with Crippen LogP contribution in [0, 0.1) is 0 Å². The zero-order valence-electron chi connectivity index (χ0n) is 17.4. The summed E-state index contributed by atoms with van der Waals surface area (Å²) in [6.45, 7) is 4.80. The Morgan fingerprint density at radius 2 is 1.83 bits per heavy atom. The van der Waals surface area contributed by atoms with Crippen molar-refractivity contribution in [3.8, 4) is 0 Å². The maximum Gasteiger partial charge on any atom is 0.332 e. The molecule has 1 atom stereocenters. The second kappa shape index (κ2) is 10.1. The van der Waals surface area contributed by atoms with Gasteiger partial charge in [0.25, 0.3) is 0 Å². The Balaban J connectivity index is 0.00000240. The van der Waals surface area contributed by atoms with Gasteiger partial charge in [0.1, 0.15) is 0 Å². The fourth-order valence-electron chi connectivity index (χ4n) is 4.70. The number of urea groups is 1. The molecule has 1 unspecified atom stereocenters. The number of benzene rings is 1. The predicted molar refractivity (Wildman–Crippen MR) is 114 cm³/mol. The van der Waals surface area contributed by atoms with E-state index in [9.17, 15) is 13.2 Å². The number of morpholine rings is 1. The number of rotatable bonds is 5. The minimum absolute atomic E-state index is 0. The molecule has 0 bridgehead atoms. The number of nitrogens with zero attached hydrogens (tertiary/aromatic N) is 1. The van der Waals surface area contributed by atoms with E-state index >= 15 is 0 Å². The monoisotopic (exact) mass is 446 g/mol. The summed E-state index contributed by atoms with van der Waals surface area (Å²) < 4.78 is 32.7. The number of aryl methyl sites for hydroxylation is 2. The average molecular weight is 447 g/mol. The van der Waals surface area contributed by atoms with Crippen molar-refractivity contribution in [2.75, 3.05) is 37.3 Å². The Labute approximate surface area is 215 Å². The molecule has 1 fully saturated rings. The second-order valence-corrected chi connectivity index (χ2v) is 9.72. The number of hydrogen-bond acceptors (Lipinski definition) is 5. The summed E-state index contributed by atoms with van der Waals surface area (Å²) in [5.41, 5.74) is 5.81. The van der Waals surface area contributed by atoms with E-state index < -0.39 is 22.2 Å². The maximum atomic E-state index is 12.5. The Morgan fingerprint density at radius 3 is 2.45 bits per heavy atom. The molecule has 2 aliphatic carbocycles. The summed E-state index contributed by atoms with van der Waals surface area (Å²) in [6.07, 6.45) is 5.69. The van der Waals surface area contributed by atoms with Crippen LogP contribution in [0.1, 0.15) is 42.0 Å². The Bertz CT molecular complexity index is 843. The number of carbonyl (C=O) groups excluding carboxylic acids is 1. The smallest absolute Gasteiger partial charge is 0.332 e. The molecule has 1 aromatic carbocycles. The van der Waals surface area contributed by atoms with Gasteiger partial charge in [-0.05, 0) is 67.3 Å². The van der Waals surface area contributed by atoms with Crippen LogP contribution in [0.5, 0.6) is 0 Å². The third kappa shape index (κ3) is 5.63. The molecule has 7 nitrogen and oxygen atoms in total. The van der Waals surface area contributed by atoms with Gasteiger partial charge in [-0.2, -0.15) is 0 Å². The van der Waals surface area contributed by atoms with Crippen LogP contribution in [0.4, 0.5) is 10.5 Å².